The fraction of sp³-hybridized carbons (Fsp3) is 0.364. The first kappa shape index (κ1) is 20.6. The lowest BCUT2D eigenvalue weighted by Crippen LogP contribution is -2.40. The van der Waals surface area contributed by atoms with Crippen LogP contribution in [0.4, 0.5) is 4.39 Å². The molecule has 0 aliphatic rings. The van der Waals surface area contributed by atoms with Crippen LogP contribution in [0.5, 0.6) is 0 Å². The Morgan fingerprint density at radius 2 is 1.70 bits per heavy atom. The Hall–Kier alpha value is -2.69. The second kappa shape index (κ2) is 9.31. The van der Waals surface area contributed by atoms with Gasteiger partial charge in [-0.05, 0) is 61.6 Å². The maximum atomic E-state index is 13.2. The molecule has 2 aromatic carbocycles. The Morgan fingerprint density at radius 1 is 1.07 bits per heavy atom. The summed E-state index contributed by atoms with van der Waals surface area (Å²) >= 11 is 0. The minimum atomic E-state index is -0.551. The van der Waals surface area contributed by atoms with Gasteiger partial charge in [0.15, 0.2) is 0 Å². The van der Waals surface area contributed by atoms with Gasteiger partial charge in [-0.25, -0.2) is 4.39 Å². The van der Waals surface area contributed by atoms with Crippen LogP contribution in [-0.2, 0) is 0 Å². The molecule has 2 amide bonds. The zero-order valence-corrected chi connectivity index (χ0v) is 16.1. The monoisotopic (exact) mass is 370 g/mol. The second-order valence-corrected chi connectivity index (χ2v) is 6.79. The van der Waals surface area contributed by atoms with Gasteiger partial charge in [-0.2, -0.15) is 0 Å². The maximum Gasteiger partial charge on any atom is 0.254 e. The summed E-state index contributed by atoms with van der Waals surface area (Å²) < 4.78 is 13.2. The summed E-state index contributed by atoms with van der Waals surface area (Å²) in [7, 11) is 0. The zero-order valence-electron chi connectivity index (χ0n) is 16.1. The van der Waals surface area contributed by atoms with E-state index >= 15 is 0 Å². The van der Waals surface area contributed by atoms with Crippen molar-refractivity contribution in [2.75, 3.05) is 6.54 Å². The lowest BCUT2D eigenvalue weighted by atomic mass is 9.91. The number of carbonyl (C=O) groups is 2. The van der Waals surface area contributed by atoms with Gasteiger partial charge >= 0.3 is 0 Å². The average molecular weight is 370 g/mol. The fourth-order valence-corrected chi connectivity index (χ4v) is 3.39. The summed E-state index contributed by atoms with van der Waals surface area (Å²) in [6.07, 6.45) is 1.58. The molecule has 0 saturated carbocycles. The van der Waals surface area contributed by atoms with E-state index in [9.17, 15) is 14.0 Å². The van der Waals surface area contributed by atoms with Gasteiger partial charge in [0.25, 0.3) is 5.91 Å². The van der Waals surface area contributed by atoms with Gasteiger partial charge in [0.2, 0.25) is 5.91 Å². The van der Waals surface area contributed by atoms with Crippen molar-refractivity contribution in [1.29, 1.82) is 0 Å². The van der Waals surface area contributed by atoms with Crippen LogP contribution in [0, 0.1) is 5.82 Å². The van der Waals surface area contributed by atoms with E-state index in [0.717, 1.165) is 18.4 Å². The Labute approximate surface area is 160 Å². The van der Waals surface area contributed by atoms with Crippen LogP contribution in [0.3, 0.4) is 0 Å². The molecule has 0 fully saturated rings. The first-order chi connectivity index (χ1) is 12.9. The quantitative estimate of drug-likeness (QED) is 0.750. The Balaban J connectivity index is 2.19. The third-order valence-electron chi connectivity index (χ3n) is 4.97. The molecular weight excluding hydrogens is 343 g/mol. The average Bonchev–Trinajstić information content (AvgIpc) is 2.68. The van der Waals surface area contributed by atoms with Gasteiger partial charge in [-0.3, -0.25) is 9.59 Å². The molecule has 0 unspecified atom stereocenters. The van der Waals surface area contributed by atoms with Gasteiger partial charge < -0.3 is 10.6 Å². The number of benzene rings is 2. The normalized spacial score (nSPS) is 13.0. The van der Waals surface area contributed by atoms with Gasteiger partial charge in [0, 0.05) is 23.7 Å². The van der Waals surface area contributed by atoms with Gasteiger partial charge in [-0.15, -0.1) is 0 Å². The molecule has 2 atom stereocenters. The molecule has 5 heteroatoms. The summed E-state index contributed by atoms with van der Waals surface area (Å²) in [4.78, 5) is 26.3. The molecule has 2 N–H and O–H groups in total. The number of halogens is 1. The summed E-state index contributed by atoms with van der Waals surface area (Å²) in [6, 6.07) is 13.1. The lowest BCUT2D eigenvalue weighted by molar-refractivity contribution is 0.0669. The van der Waals surface area contributed by atoms with Crippen molar-refractivity contribution in [3.8, 4) is 0 Å². The van der Waals surface area contributed by atoms with Crippen LogP contribution in [-0.4, -0.2) is 29.3 Å². The Bertz CT molecular complexity index is 789. The van der Waals surface area contributed by atoms with Crippen LogP contribution in [0.25, 0.3) is 0 Å². The van der Waals surface area contributed by atoms with E-state index in [1.54, 1.807) is 36.4 Å². The molecular formula is C22H27FN2O2. The van der Waals surface area contributed by atoms with Crippen molar-refractivity contribution >= 4 is 11.8 Å². The largest absolute Gasteiger partial charge is 0.366 e. The standard InChI is InChI=1S/C22H27FN2O2/c1-4-20(13-15(3)16-9-11-19(23)12-10-16)25(5-2)22(27)18-8-6-7-17(14-18)21(24)26/h6-12,14-15,20H,4-5,13H2,1-3H3,(H2,24,26)/t15-,20-/m1/s1. The lowest BCUT2D eigenvalue weighted by Gasteiger charge is -2.32. The predicted molar refractivity (Wildman–Crippen MR) is 105 cm³/mol. The maximum absolute atomic E-state index is 13.2. The molecule has 0 bridgehead atoms. The number of primary amides is 1. The molecule has 0 radical (unpaired) electrons. The number of nitrogens with zero attached hydrogens (tertiary/aromatic N) is 1. The summed E-state index contributed by atoms with van der Waals surface area (Å²) in [5.74, 6) is -0.726. The summed E-state index contributed by atoms with van der Waals surface area (Å²) in [5, 5.41) is 0. The molecule has 0 aromatic heterocycles. The third kappa shape index (κ3) is 5.16. The van der Waals surface area contributed by atoms with Crippen LogP contribution < -0.4 is 5.73 Å². The number of amides is 2. The smallest absolute Gasteiger partial charge is 0.254 e. The number of rotatable bonds is 8. The van der Waals surface area contributed by atoms with Crippen molar-refractivity contribution in [3.63, 3.8) is 0 Å². The van der Waals surface area contributed by atoms with Crippen molar-refractivity contribution in [3.05, 3.63) is 71.0 Å². The first-order valence-electron chi connectivity index (χ1n) is 9.33. The van der Waals surface area contributed by atoms with Crippen molar-refractivity contribution in [1.82, 2.24) is 4.90 Å². The van der Waals surface area contributed by atoms with E-state index in [4.69, 9.17) is 5.73 Å². The highest BCUT2D eigenvalue weighted by molar-refractivity contribution is 5.99. The van der Waals surface area contributed by atoms with Crippen LogP contribution in [0.1, 0.15) is 65.8 Å². The van der Waals surface area contributed by atoms with E-state index in [1.807, 2.05) is 11.8 Å². The molecule has 0 spiro atoms. The SMILES string of the molecule is CC[C@H](C[C@@H](C)c1ccc(F)cc1)N(CC)C(=O)c1cccc(C(N)=O)c1. The number of hydrogen-bond donors (Lipinski definition) is 1. The molecule has 27 heavy (non-hydrogen) atoms. The van der Waals surface area contributed by atoms with E-state index in [1.165, 1.54) is 12.1 Å². The zero-order chi connectivity index (χ0) is 20.0. The number of nitrogens with two attached hydrogens (primary N) is 1. The van der Waals surface area contributed by atoms with E-state index in [-0.39, 0.29) is 23.7 Å². The molecule has 144 valence electrons. The molecule has 0 saturated heterocycles. The predicted octanol–water partition coefficient (Wildman–Crippen LogP) is 4.36. The molecule has 2 aromatic rings. The van der Waals surface area contributed by atoms with E-state index in [0.29, 0.717) is 17.7 Å². The molecule has 2 rings (SSSR count). The Morgan fingerprint density at radius 3 is 2.26 bits per heavy atom. The minimum Gasteiger partial charge on any atom is -0.366 e. The van der Waals surface area contributed by atoms with Gasteiger partial charge in [0.05, 0.1) is 0 Å². The van der Waals surface area contributed by atoms with Crippen LogP contribution >= 0.6 is 0 Å². The Kier molecular flexibility index (Phi) is 7.11. The van der Waals surface area contributed by atoms with Crippen molar-refractivity contribution in [2.45, 2.75) is 45.6 Å². The van der Waals surface area contributed by atoms with Crippen LogP contribution in [0.2, 0.25) is 0 Å². The van der Waals surface area contributed by atoms with Gasteiger partial charge in [-0.1, -0.05) is 32.0 Å². The number of carbonyl (C=O) groups excluding carboxylic acids is 2. The van der Waals surface area contributed by atoms with Crippen LogP contribution in [0.15, 0.2) is 48.5 Å². The molecule has 0 aliphatic carbocycles. The molecule has 0 aliphatic heterocycles. The van der Waals surface area contributed by atoms with Crippen molar-refractivity contribution in [2.24, 2.45) is 5.73 Å². The molecule has 0 heterocycles. The van der Waals surface area contributed by atoms with E-state index in [2.05, 4.69) is 13.8 Å². The molecule has 4 nitrogen and oxygen atoms in total. The summed E-state index contributed by atoms with van der Waals surface area (Å²) in [6.45, 7) is 6.65. The highest BCUT2D eigenvalue weighted by atomic mass is 19.1. The second-order valence-electron chi connectivity index (χ2n) is 6.79. The van der Waals surface area contributed by atoms with Crippen molar-refractivity contribution < 1.29 is 14.0 Å². The highest BCUT2D eigenvalue weighted by Crippen LogP contribution is 2.25. The third-order valence-corrected chi connectivity index (χ3v) is 4.97. The summed E-state index contributed by atoms with van der Waals surface area (Å²) in [5.41, 5.74) is 7.16. The first-order valence-corrected chi connectivity index (χ1v) is 9.33. The fourth-order valence-electron chi connectivity index (χ4n) is 3.39. The van der Waals surface area contributed by atoms with E-state index < -0.39 is 5.91 Å². The minimum absolute atomic E-state index is 0.0415. The van der Waals surface area contributed by atoms with Gasteiger partial charge in [0.1, 0.15) is 5.82 Å². The topological polar surface area (TPSA) is 63.4 Å². The highest BCUT2D eigenvalue weighted by Gasteiger charge is 2.24. The number of hydrogen-bond acceptors (Lipinski definition) is 2.